The van der Waals surface area contributed by atoms with Gasteiger partial charge >= 0.3 is 0 Å². The molecule has 0 saturated heterocycles. The van der Waals surface area contributed by atoms with Gasteiger partial charge in [-0.1, -0.05) is 84.4 Å². The van der Waals surface area contributed by atoms with Gasteiger partial charge in [0.2, 0.25) is 0 Å². The van der Waals surface area contributed by atoms with Gasteiger partial charge < -0.3 is 0 Å². The van der Waals surface area contributed by atoms with Crippen LogP contribution in [-0.2, 0) is 0 Å². The van der Waals surface area contributed by atoms with Crippen LogP contribution < -0.4 is 0 Å². The van der Waals surface area contributed by atoms with Crippen molar-refractivity contribution in [1.82, 2.24) is 14.8 Å². The van der Waals surface area contributed by atoms with Crippen LogP contribution in [0.4, 0.5) is 0 Å². The van der Waals surface area contributed by atoms with Crippen LogP contribution in [0.5, 0.6) is 0 Å². The Hall–Kier alpha value is -3.20. The molecule has 0 bridgehead atoms. The van der Waals surface area contributed by atoms with E-state index in [0.29, 0.717) is 0 Å². The highest BCUT2D eigenvalue weighted by atomic mass is 15.3. The van der Waals surface area contributed by atoms with Crippen LogP contribution >= 0.6 is 0 Å². The zero-order chi connectivity index (χ0) is 17.1. The van der Waals surface area contributed by atoms with Crippen LogP contribution in [0.25, 0.3) is 11.1 Å². The number of benzene rings is 3. The molecule has 0 radical (unpaired) electrons. The molecule has 1 unspecified atom stereocenters. The minimum Gasteiger partial charge on any atom is -0.241 e. The van der Waals surface area contributed by atoms with Crippen molar-refractivity contribution in [1.29, 1.82) is 0 Å². The van der Waals surface area contributed by atoms with Crippen molar-refractivity contribution in [3.63, 3.8) is 0 Å². The molecule has 0 aliphatic rings. The molecule has 0 fully saturated rings. The first-order valence-electron chi connectivity index (χ1n) is 8.37. The predicted molar refractivity (Wildman–Crippen MR) is 100 cm³/mol. The van der Waals surface area contributed by atoms with E-state index in [1.807, 2.05) is 10.7 Å². The van der Waals surface area contributed by atoms with E-state index in [0.717, 1.165) is 0 Å². The maximum absolute atomic E-state index is 4.37. The molecule has 25 heavy (non-hydrogen) atoms. The Morgan fingerprint density at radius 2 is 1.52 bits per heavy atom. The summed E-state index contributed by atoms with van der Waals surface area (Å²) >= 11 is 0. The lowest BCUT2D eigenvalue weighted by Crippen LogP contribution is -2.12. The summed E-state index contributed by atoms with van der Waals surface area (Å²) in [6.45, 7) is 2.12. The average Bonchev–Trinajstić information content (AvgIpc) is 3.18. The van der Waals surface area contributed by atoms with Crippen molar-refractivity contribution in [3.8, 4) is 11.1 Å². The molecule has 4 rings (SSSR count). The zero-order valence-electron chi connectivity index (χ0n) is 14.1. The standard InChI is InChI=1S/C22H19N3/c1-17-6-5-9-21(14-17)18-10-12-20(13-11-18)22(25-16-23-15-24-25)19-7-3-2-4-8-19/h2-16,22H,1H3. The van der Waals surface area contributed by atoms with Gasteiger partial charge in [-0.15, -0.1) is 0 Å². The van der Waals surface area contributed by atoms with Crippen molar-refractivity contribution >= 4 is 0 Å². The monoisotopic (exact) mass is 325 g/mol. The highest BCUT2D eigenvalue weighted by Crippen LogP contribution is 2.28. The van der Waals surface area contributed by atoms with E-state index in [-0.39, 0.29) is 6.04 Å². The topological polar surface area (TPSA) is 30.7 Å². The van der Waals surface area contributed by atoms with E-state index >= 15 is 0 Å². The number of hydrogen-bond acceptors (Lipinski definition) is 2. The number of aromatic nitrogens is 3. The quantitative estimate of drug-likeness (QED) is 0.535. The largest absolute Gasteiger partial charge is 0.241 e. The van der Waals surface area contributed by atoms with Gasteiger partial charge in [0.15, 0.2) is 0 Å². The van der Waals surface area contributed by atoms with Crippen molar-refractivity contribution in [2.45, 2.75) is 13.0 Å². The summed E-state index contributed by atoms with van der Waals surface area (Å²) in [7, 11) is 0. The molecule has 1 aromatic heterocycles. The first-order valence-corrected chi connectivity index (χ1v) is 8.37. The summed E-state index contributed by atoms with van der Waals surface area (Å²) in [5, 5.41) is 4.37. The van der Waals surface area contributed by atoms with Gasteiger partial charge in [0, 0.05) is 0 Å². The first kappa shape index (κ1) is 15.3. The molecule has 3 heteroatoms. The Balaban J connectivity index is 1.73. The molecule has 1 heterocycles. The third-order valence-corrected chi connectivity index (χ3v) is 4.39. The Morgan fingerprint density at radius 1 is 0.760 bits per heavy atom. The molecule has 0 N–H and O–H groups in total. The summed E-state index contributed by atoms with van der Waals surface area (Å²) < 4.78 is 1.90. The molecule has 3 nitrogen and oxygen atoms in total. The molecule has 0 aliphatic carbocycles. The fourth-order valence-corrected chi connectivity index (χ4v) is 3.17. The molecule has 0 aliphatic heterocycles. The summed E-state index contributed by atoms with van der Waals surface area (Å²) in [5.74, 6) is 0. The van der Waals surface area contributed by atoms with Crippen LogP contribution in [0.2, 0.25) is 0 Å². The van der Waals surface area contributed by atoms with E-state index in [1.54, 1.807) is 12.7 Å². The second-order valence-corrected chi connectivity index (χ2v) is 6.18. The third kappa shape index (κ3) is 3.22. The summed E-state index contributed by atoms with van der Waals surface area (Å²) in [4.78, 5) is 4.12. The fraction of sp³-hybridized carbons (Fsp3) is 0.0909. The SMILES string of the molecule is Cc1cccc(-c2ccc(C(c3ccccc3)n3cncn3)cc2)c1. The van der Waals surface area contributed by atoms with E-state index in [4.69, 9.17) is 0 Å². The lowest BCUT2D eigenvalue weighted by molar-refractivity contribution is 0.594. The van der Waals surface area contributed by atoms with E-state index in [9.17, 15) is 0 Å². The number of aryl methyl sites for hydroxylation is 1. The van der Waals surface area contributed by atoms with Crippen molar-refractivity contribution in [2.75, 3.05) is 0 Å². The zero-order valence-corrected chi connectivity index (χ0v) is 14.1. The normalized spacial score (nSPS) is 12.0. The average molecular weight is 325 g/mol. The molecular formula is C22H19N3. The van der Waals surface area contributed by atoms with Gasteiger partial charge in [-0.05, 0) is 29.2 Å². The van der Waals surface area contributed by atoms with Crippen molar-refractivity contribution in [3.05, 3.63) is 108 Å². The second-order valence-electron chi connectivity index (χ2n) is 6.18. The molecule has 3 aromatic carbocycles. The second kappa shape index (κ2) is 6.73. The summed E-state index contributed by atoms with van der Waals surface area (Å²) in [5.41, 5.74) is 6.11. The highest BCUT2D eigenvalue weighted by molar-refractivity contribution is 5.64. The smallest absolute Gasteiger partial charge is 0.137 e. The van der Waals surface area contributed by atoms with Gasteiger partial charge in [-0.25, -0.2) is 9.67 Å². The number of rotatable bonds is 4. The van der Waals surface area contributed by atoms with Gasteiger partial charge in [0.1, 0.15) is 18.7 Å². The van der Waals surface area contributed by atoms with Crippen LogP contribution in [0.3, 0.4) is 0 Å². The van der Waals surface area contributed by atoms with E-state index < -0.39 is 0 Å². The van der Waals surface area contributed by atoms with Crippen LogP contribution in [0.15, 0.2) is 91.5 Å². The first-order chi connectivity index (χ1) is 12.3. The third-order valence-electron chi connectivity index (χ3n) is 4.39. The molecule has 0 spiro atoms. The van der Waals surface area contributed by atoms with Gasteiger partial charge in [0.05, 0.1) is 0 Å². The molecule has 1 atom stereocenters. The van der Waals surface area contributed by atoms with Gasteiger partial charge in [-0.3, -0.25) is 0 Å². The number of nitrogens with zero attached hydrogens (tertiary/aromatic N) is 3. The maximum atomic E-state index is 4.37. The number of hydrogen-bond donors (Lipinski definition) is 0. The van der Waals surface area contributed by atoms with E-state index in [2.05, 4.69) is 89.8 Å². The summed E-state index contributed by atoms with van der Waals surface area (Å²) in [6.07, 6.45) is 3.35. The van der Waals surface area contributed by atoms with E-state index in [1.165, 1.54) is 27.8 Å². The fourth-order valence-electron chi connectivity index (χ4n) is 3.17. The van der Waals surface area contributed by atoms with Crippen LogP contribution in [0.1, 0.15) is 22.7 Å². The van der Waals surface area contributed by atoms with Crippen molar-refractivity contribution in [2.24, 2.45) is 0 Å². The van der Waals surface area contributed by atoms with Crippen LogP contribution in [0, 0.1) is 6.92 Å². The minimum absolute atomic E-state index is 0.0234. The lowest BCUT2D eigenvalue weighted by Gasteiger charge is -2.18. The van der Waals surface area contributed by atoms with Gasteiger partial charge in [0.25, 0.3) is 0 Å². The molecule has 122 valence electrons. The van der Waals surface area contributed by atoms with Crippen molar-refractivity contribution < 1.29 is 0 Å². The lowest BCUT2D eigenvalue weighted by atomic mass is 9.96. The molecular weight excluding hydrogens is 306 g/mol. The predicted octanol–water partition coefficient (Wildman–Crippen LogP) is 4.89. The van der Waals surface area contributed by atoms with Crippen LogP contribution in [-0.4, -0.2) is 14.8 Å². The highest BCUT2D eigenvalue weighted by Gasteiger charge is 2.16. The Kier molecular flexibility index (Phi) is 4.13. The minimum atomic E-state index is 0.0234. The Bertz CT molecular complexity index is 942. The van der Waals surface area contributed by atoms with Gasteiger partial charge in [-0.2, -0.15) is 5.10 Å². The summed E-state index contributed by atoms with van der Waals surface area (Å²) in [6, 6.07) is 27.7. The maximum Gasteiger partial charge on any atom is 0.137 e. The molecule has 0 saturated carbocycles. The molecule has 4 aromatic rings. The Morgan fingerprint density at radius 3 is 2.20 bits per heavy atom. The molecule has 0 amide bonds. The Labute approximate surface area is 147 Å².